The van der Waals surface area contributed by atoms with Crippen molar-refractivity contribution < 1.29 is 8.78 Å². The van der Waals surface area contributed by atoms with E-state index >= 15 is 0 Å². The average molecular weight is 276 g/mol. The van der Waals surface area contributed by atoms with E-state index in [9.17, 15) is 8.78 Å². The Morgan fingerprint density at radius 3 is 2.63 bits per heavy atom. The summed E-state index contributed by atoms with van der Waals surface area (Å²) in [6.45, 7) is 3.58. The van der Waals surface area contributed by atoms with Gasteiger partial charge in [-0.15, -0.1) is 0 Å². The summed E-state index contributed by atoms with van der Waals surface area (Å²) in [5.74, 6) is -1.05. The second-order valence-corrected chi connectivity index (χ2v) is 5.08. The first-order valence-corrected chi connectivity index (χ1v) is 6.34. The molecule has 0 radical (unpaired) electrons. The molecule has 96 valence electrons. The summed E-state index contributed by atoms with van der Waals surface area (Å²) < 4.78 is 26.7. The smallest absolute Gasteiger partial charge is 0.137 e. The van der Waals surface area contributed by atoms with E-state index in [-0.39, 0.29) is 4.90 Å². The molecule has 2 rings (SSSR count). The fourth-order valence-corrected chi connectivity index (χ4v) is 2.72. The molecule has 0 bridgehead atoms. The van der Waals surface area contributed by atoms with Gasteiger partial charge < -0.3 is 0 Å². The maximum atomic E-state index is 13.6. The zero-order chi connectivity index (χ0) is 14.0. The van der Waals surface area contributed by atoms with E-state index in [0.717, 1.165) is 41.2 Å². The van der Waals surface area contributed by atoms with Crippen LogP contribution in [0.3, 0.4) is 0 Å². The highest BCUT2D eigenvalue weighted by atomic mass is 32.2. The molecular weight excluding hydrogens is 266 g/mol. The van der Waals surface area contributed by atoms with Crippen molar-refractivity contribution in [2.75, 3.05) is 0 Å². The normalized spacial score (nSPS) is 10.3. The van der Waals surface area contributed by atoms with Crippen molar-refractivity contribution in [2.45, 2.75) is 23.8 Å². The van der Waals surface area contributed by atoms with Gasteiger partial charge in [-0.2, -0.15) is 5.26 Å². The number of nitrogens with zero attached hydrogens (tertiary/aromatic N) is 2. The SMILES string of the molecule is Cc1cc(C)c(C#N)c(Sc2cc(F)ccc2F)n1. The summed E-state index contributed by atoms with van der Waals surface area (Å²) in [7, 11) is 0. The monoisotopic (exact) mass is 276 g/mol. The lowest BCUT2D eigenvalue weighted by Gasteiger charge is -2.08. The van der Waals surface area contributed by atoms with E-state index < -0.39 is 11.6 Å². The van der Waals surface area contributed by atoms with Crippen LogP contribution in [0.25, 0.3) is 0 Å². The lowest BCUT2D eigenvalue weighted by Crippen LogP contribution is -1.95. The minimum atomic E-state index is -0.531. The number of rotatable bonds is 2. The first-order chi connectivity index (χ1) is 9.01. The van der Waals surface area contributed by atoms with Crippen LogP contribution in [0.5, 0.6) is 0 Å². The molecule has 1 aromatic carbocycles. The largest absolute Gasteiger partial charge is 0.245 e. The van der Waals surface area contributed by atoms with Crippen molar-refractivity contribution in [1.82, 2.24) is 4.98 Å². The fourth-order valence-electron chi connectivity index (χ4n) is 1.67. The lowest BCUT2D eigenvalue weighted by molar-refractivity contribution is 0.577. The molecule has 0 saturated carbocycles. The molecule has 0 aliphatic rings. The Morgan fingerprint density at radius 2 is 1.95 bits per heavy atom. The van der Waals surface area contributed by atoms with Gasteiger partial charge in [0.05, 0.1) is 10.5 Å². The molecule has 0 saturated heterocycles. The first kappa shape index (κ1) is 13.5. The van der Waals surface area contributed by atoms with Crippen LogP contribution in [-0.4, -0.2) is 4.98 Å². The maximum absolute atomic E-state index is 13.6. The zero-order valence-electron chi connectivity index (χ0n) is 10.4. The molecule has 0 unspecified atom stereocenters. The zero-order valence-corrected chi connectivity index (χ0v) is 11.2. The van der Waals surface area contributed by atoms with Crippen LogP contribution in [0.15, 0.2) is 34.2 Å². The van der Waals surface area contributed by atoms with Gasteiger partial charge in [0.1, 0.15) is 22.7 Å². The van der Waals surface area contributed by atoms with Crippen molar-refractivity contribution in [3.63, 3.8) is 0 Å². The molecule has 19 heavy (non-hydrogen) atoms. The highest BCUT2D eigenvalue weighted by Crippen LogP contribution is 2.32. The minimum Gasteiger partial charge on any atom is -0.245 e. The van der Waals surface area contributed by atoms with E-state index in [1.54, 1.807) is 19.9 Å². The predicted molar refractivity (Wildman–Crippen MR) is 68.9 cm³/mol. The standard InChI is InChI=1S/C14H10F2N2S/c1-8-5-9(2)18-14(11(8)7-17)19-13-6-10(15)3-4-12(13)16/h3-6H,1-2H3. The van der Waals surface area contributed by atoms with Gasteiger partial charge in [0.25, 0.3) is 0 Å². The van der Waals surface area contributed by atoms with Crippen molar-refractivity contribution in [3.8, 4) is 6.07 Å². The van der Waals surface area contributed by atoms with E-state index in [0.29, 0.717) is 10.6 Å². The van der Waals surface area contributed by atoms with Gasteiger partial charge >= 0.3 is 0 Å². The number of pyridine rings is 1. The Morgan fingerprint density at radius 1 is 1.21 bits per heavy atom. The molecule has 0 N–H and O–H groups in total. The Bertz CT molecular complexity index is 678. The van der Waals surface area contributed by atoms with E-state index in [1.807, 2.05) is 6.07 Å². The van der Waals surface area contributed by atoms with Crippen LogP contribution in [0.4, 0.5) is 8.78 Å². The third-order valence-electron chi connectivity index (χ3n) is 2.52. The van der Waals surface area contributed by atoms with Gasteiger partial charge in [0, 0.05) is 5.69 Å². The van der Waals surface area contributed by atoms with E-state index in [4.69, 9.17) is 5.26 Å². The summed E-state index contributed by atoms with van der Waals surface area (Å²) >= 11 is 0.959. The van der Waals surface area contributed by atoms with E-state index in [2.05, 4.69) is 4.98 Å². The van der Waals surface area contributed by atoms with Gasteiger partial charge in [-0.3, -0.25) is 0 Å². The number of aryl methyl sites for hydroxylation is 2. The van der Waals surface area contributed by atoms with Gasteiger partial charge in [0.2, 0.25) is 0 Å². The van der Waals surface area contributed by atoms with Crippen LogP contribution >= 0.6 is 11.8 Å². The summed E-state index contributed by atoms with van der Waals surface area (Å²) in [6.07, 6.45) is 0. The van der Waals surface area contributed by atoms with E-state index in [1.165, 1.54) is 0 Å². The van der Waals surface area contributed by atoms with Crippen LogP contribution < -0.4 is 0 Å². The second kappa shape index (κ2) is 5.37. The third kappa shape index (κ3) is 2.91. The quantitative estimate of drug-likeness (QED) is 0.832. The highest BCUT2D eigenvalue weighted by Gasteiger charge is 2.13. The summed E-state index contributed by atoms with van der Waals surface area (Å²) in [5, 5.41) is 9.51. The fraction of sp³-hybridized carbons (Fsp3) is 0.143. The molecule has 0 fully saturated rings. The van der Waals surface area contributed by atoms with Gasteiger partial charge in [0.15, 0.2) is 0 Å². The lowest BCUT2D eigenvalue weighted by atomic mass is 10.1. The summed E-state index contributed by atoms with van der Waals surface area (Å²) in [4.78, 5) is 4.34. The molecule has 0 aliphatic heterocycles. The summed E-state index contributed by atoms with van der Waals surface area (Å²) in [5.41, 5.74) is 1.89. The number of halogens is 2. The number of aromatic nitrogens is 1. The molecule has 0 spiro atoms. The number of benzene rings is 1. The number of hydrogen-bond acceptors (Lipinski definition) is 3. The number of nitriles is 1. The van der Waals surface area contributed by atoms with Gasteiger partial charge in [-0.25, -0.2) is 13.8 Å². The maximum Gasteiger partial charge on any atom is 0.137 e. The molecule has 0 atom stereocenters. The molecule has 0 aliphatic carbocycles. The van der Waals surface area contributed by atoms with Crippen LogP contribution in [0, 0.1) is 36.8 Å². The average Bonchev–Trinajstić information content (AvgIpc) is 2.33. The topological polar surface area (TPSA) is 36.7 Å². The molecule has 1 aromatic heterocycles. The summed E-state index contributed by atoms with van der Waals surface area (Å²) in [6, 6.07) is 7.04. The molecule has 1 heterocycles. The molecular formula is C14H10F2N2S. The Kier molecular flexibility index (Phi) is 3.82. The third-order valence-corrected chi connectivity index (χ3v) is 3.54. The van der Waals surface area contributed by atoms with Crippen molar-refractivity contribution in [2.24, 2.45) is 0 Å². The molecule has 2 aromatic rings. The number of hydrogen-bond donors (Lipinski definition) is 0. The Hall–Kier alpha value is -1.93. The first-order valence-electron chi connectivity index (χ1n) is 5.52. The van der Waals surface area contributed by atoms with Crippen molar-refractivity contribution in [1.29, 1.82) is 5.26 Å². The van der Waals surface area contributed by atoms with Crippen molar-refractivity contribution in [3.05, 3.63) is 52.7 Å². The van der Waals surface area contributed by atoms with Gasteiger partial charge in [-0.1, -0.05) is 11.8 Å². The molecule has 2 nitrogen and oxygen atoms in total. The molecule has 5 heteroatoms. The van der Waals surface area contributed by atoms with Crippen LogP contribution in [0.2, 0.25) is 0 Å². The van der Waals surface area contributed by atoms with Gasteiger partial charge in [-0.05, 0) is 43.7 Å². The molecule has 0 amide bonds. The van der Waals surface area contributed by atoms with Crippen LogP contribution in [-0.2, 0) is 0 Å². The van der Waals surface area contributed by atoms with Crippen LogP contribution in [0.1, 0.15) is 16.8 Å². The predicted octanol–water partition coefficient (Wildman–Crippen LogP) is 4.00. The minimum absolute atomic E-state index is 0.119. The Labute approximate surface area is 114 Å². The second-order valence-electron chi connectivity index (χ2n) is 4.05. The van der Waals surface area contributed by atoms with Crippen molar-refractivity contribution >= 4 is 11.8 Å². The Balaban J connectivity index is 2.49. The highest BCUT2D eigenvalue weighted by molar-refractivity contribution is 7.99.